The Bertz CT molecular complexity index is 540. The summed E-state index contributed by atoms with van der Waals surface area (Å²) in [5.41, 5.74) is 1.07. The molecule has 0 radical (unpaired) electrons. The van der Waals surface area contributed by atoms with E-state index in [1.54, 1.807) is 23.9 Å². The first-order valence-electron chi connectivity index (χ1n) is 7.46. The first-order chi connectivity index (χ1) is 10.5. The predicted molar refractivity (Wildman–Crippen MR) is 87.0 cm³/mol. The lowest BCUT2D eigenvalue weighted by Gasteiger charge is -2.36. The maximum atomic E-state index is 12.2. The van der Waals surface area contributed by atoms with Gasteiger partial charge in [-0.1, -0.05) is 23.7 Å². The monoisotopic (exact) mass is 323 g/mol. The molecule has 0 atom stereocenters. The van der Waals surface area contributed by atoms with Crippen LogP contribution in [0.15, 0.2) is 24.3 Å². The molecule has 0 aliphatic carbocycles. The Morgan fingerprint density at radius 1 is 1.14 bits per heavy atom. The molecular formula is C16H22ClN3O2. The summed E-state index contributed by atoms with van der Waals surface area (Å²) in [5, 5.41) is 0.695. The minimum atomic E-state index is 0.00558. The van der Waals surface area contributed by atoms with Gasteiger partial charge in [0.1, 0.15) is 0 Å². The minimum absolute atomic E-state index is 0.00558. The summed E-state index contributed by atoms with van der Waals surface area (Å²) in [6.07, 6.45) is 1.16. The van der Waals surface area contributed by atoms with Crippen molar-refractivity contribution >= 4 is 23.5 Å². The highest BCUT2D eigenvalue weighted by Crippen LogP contribution is 2.13. The van der Waals surface area contributed by atoms with Crippen LogP contribution in [0.2, 0.25) is 5.02 Å². The van der Waals surface area contributed by atoms with E-state index >= 15 is 0 Å². The van der Waals surface area contributed by atoms with Crippen LogP contribution in [0.5, 0.6) is 0 Å². The van der Waals surface area contributed by atoms with Crippen LogP contribution in [0.1, 0.15) is 12.0 Å². The summed E-state index contributed by atoms with van der Waals surface area (Å²) < 4.78 is 0. The highest BCUT2D eigenvalue weighted by molar-refractivity contribution is 6.30. The number of nitrogens with zero attached hydrogens (tertiary/aromatic N) is 3. The zero-order valence-electron chi connectivity index (χ0n) is 13.1. The molecule has 6 heteroatoms. The molecule has 1 aromatic carbocycles. The van der Waals surface area contributed by atoms with E-state index in [9.17, 15) is 9.59 Å². The molecule has 1 fully saturated rings. The topological polar surface area (TPSA) is 43.9 Å². The fraction of sp³-hybridized carbons (Fsp3) is 0.500. The number of piperazine rings is 1. The van der Waals surface area contributed by atoms with Gasteiger partial charge in [-0.15, -0.1) is 0 Å². The van der Waals surface area contributed by atoms with Gasteiger partial charge in [0.25, 0.3) is 0 Å². The second-order valence-electron chi connectivity index (χ2n) is 5.67. The predicted octanol–water partition coefficient (Wildman–Crippen LogP) is 2.10. The third-order valence-electron chi connectivity index (χ3n) is 3.80. The summed E-state index contributed by atoms with van der Waals surface area (Å²) >= 11 is 5.94. The molecule has 22 heavy (non-hydrogen) atoms. The molecule has 1 aliphatic heterocycles. The lowest BCUT2D eigenvalue weighted by molar-refractivity contribution is -0.132. The van der Waals surface area contributed by atoms with Crippen molar-refractivity contribution in [3.05, 3.63) is 34.9 Å². The third-order valence-corrected chi connectivity index (χ3v) is 4.04. The summed E-state index contributed by atoms with van der Waals surface area (Å²) in [6, 6.07) is 7.60. The zero-order chi connectivity index (χ0) is 16.1. The van der Waals surface area contributed by atoms with Crippen molar-refractivity contribution in [2.45, 2.75) is 12.8 Å². The van der Waals surface area contributed by atoms with Gasteiger partial charge < -0.3 is 14.7 Å². The lowest BCUT2D eigenvalue weighted by Crippen LogP contribution is -2.52. The van der Waals surface area contributed by atoms with E-state index in [2.05, 4.69) is 0 Å². The Labute approximate surface area is 136 Å². The van der Waals surface area contributed by atoms with Gasteiger partial charge in [0, 0.05) is 51.7 Å². The first-order valence-corrected chi connectivity index (χ1v) is 7.83. The first kappa shape index (κ1) is 16.6. The minimum Gasteiger partial charge on any atom is -0.339 e. The molecule has 0 unspecified atom stereocenters. The maximum absolute atomic E-state index is 12.2. The average molecular weight is 324 g/mol. The van der Waals surface area contributed by atoms with Gasteiger partial charge in [-0.25, -0.2) is 4.79 Å². The average Bonchev–Trinajstić information content (AvgIpc) is 2.52. The molecule has 1 saturated heterocycles. The molecule has 1 aliphatic rings. The molecule has 0 spiro atoms. The number of halogens is 1. The Hall–Kier alpha value is -1.75. The van der Waals surface area contributed by atoms with Crippen molar-refractivity contribution in [3.63, 3.8) is 0 Å². The van der Waals surface area contributed by atoms with Gasteiger partial charge in [-0.3, -0.25) is 4.79 Å². The van der Waals surface area contributed by atoms with Crippen LogP contribution < -0.4 is 0 Å². The molecule has 3 amide bonds. The summed E-state index contributed by atoms with van der Waals surface area (Å²) in [5.74, 6) is 0.136. The second-order valence-corrected chi connectivity index (χ2v) is 6.11. The highest BCUT2D eigenvalue weighted by Gasteiger charge is 2.24. The summed E-state index contributed by atoms with van der Waals surface area (Å²) in [4.78, 5) is 29.3. The van der Waals surface area contributed by atoms with Crippen molar-refractivity contribution in [2.75, 3.05) is 40.3 Å². The van der Waals surface area contributed by atoms with Crippen molar-refractivity contribution in [1.82, 2.24) is 14.7 Å². The number of benzene rings is 1. The van der Waals surface area contributed by atoms with Crippen LogP contribution in [0.3, 0.4) is 0 Å². The molecule has 5 nitrogen and oxygen atoms in total. The van der Waals surface area contributed by atoms with E-state index in [1.807, 2.05) is 29.2 Å². The molecule has 120 valence electrons. The Kier molecular flexibility index (Phi) is 5.66. The number of hydrogen-bond acceptors (Lipinski definition) is 2. The Balaban J connectivity index is 1.79. The number of carbonyl (C=O) groups excluding carboxylic acids is 2. The van der Waals surface area contributed by atoms with E-state index < -0.39 is 0 Å². The fourth-order valence-electron chi connectivity index (χ4n) is 2.53. The van der Waals surface area contributed by atoms with Crippen LogP contribution in [-0.4, -0.2) is 66.9 Å². The van der Waals surface area contributed by atoms with Crippen LogP contribution in [0.4, 0.5) is 4.79 Å². The molecule has 0 saturated carbocycles. The molecule has 1 heterocycles. The highest BCUT2D eigenvalue weighted by atomic mass is 35.5. The quantitative estimate of drug-likeness (QED) is 0.855. The van der Waals surface area contributed by atoms with E-state index in [-0.39, 0.29) is 11.9 Å². The van der Waals surface area contributed by atoms with Crippen LogP contribution in [0.25, 0.3) is 0 Å². The third kappa shape index (κ3) is 4.37. The van der Waals surface area contributed by atoms with Gasteiger partial charge in [0.05, 0.1) is 0 Å². The van der Waals surface area contributed by atoms with Gasteiger partial charge in [-0.05, 0) is 24.1 Å². The number of hydrogen-bond donors (Lipinski definition) is 0. The van der Waals surface area contributed by atoms with Crippen LogP contribution >= 0.6 is 11.6 Å². The molecule has 2 rings (SSSR count). The second kappa shape index (κ2) is 7.49. The summed E-state index contributed by atoms with van der Waals surface area (Å²) in [7, 11) is 3.48. The smallest absolute Gasteiger partial charge is 0.319 e. The van der Waals surface area contributed by atoms with Gasteiger partial charge in [0.2, 0.25) is 5.91 Å². The van der Waals surface area contributed by atoms with Crippen molar-refractivity contribution in [1.29, 1.82) is 0 Å². The van der Waals surface area contributed by atoms with Gasteiger partial charge in [0.15, 0.2) is 0 Å². The Morgan fingerprint density at radius 3 is 2.36 bits per heavy atom. The number of urea groups is 1. The number of aryl methyl sites for hydroxylation is 1. The van der Waals surface area contributed by atoms with Crippen LogP contribution in [-0.2, 0) is 11.2 Å². The normalized spacial score (nSPS) is 14.9. The molecule has 0 bridgehead atoms. The lowest BCUT2D eigenvalue weighted by atomic mass is 10.1. The molecule has 1 aromatic rings. The molecule has 0 N–H and O–H groups in total. The van der Waals surface area contributed by atoms with Crippen molar-refractivity contribution in [3.8, 4) is 0 Å². The van der Waals surface area contributed by atoms with Crippen LogP contribution in [0, 0.1) is 0 Å². The van der Waals surface area contributed by atoms with E-state index in [0.29, 0.717) is 44.0 Å². The van der Waals surface area contributed by atoms with Gasteiger partial charge in [-0.2, -0.15) is 0 Å². The Morgan fingerprint density at radius 2 is 1.77 bits per heavy atom. The molecule has 0 aromatic heterocycles. The zero-order valence-corrected chi connectivity index (χ0v) is 13.8. The standard InChI is InChI=1S/C16H22ClN3O2/c1-18(2)16(22)20-10-8-19(9-11-20)15(21)7-6-13-4-3-5-14(17)12-13/h3-5,12H,6-11H2,1-2H3. The fourth-order valence-corrected chi connectivity index (χ4v) is 2.74. The largest absolute Gasteiger partial charge is 0.339 e. The van der Waals surface area contributed by atoms with Crippen molar-refractivity contribution in [2.24, 2.45) is 0 Å². The van der Waals surface area contributed by atoms with E-state index in [4.69, 9.17) is 11.6 Å². The summed E-state index contributed by atoms with van der Waals surface area (Å²) in [6.45, 7) is 2.40. The molecular weight excluding hydrogens is 302 g/mol. The SMILES string of the molecule is CN(C)C(=O)N1CCN(C(=O)CCc2cccc(Cl)c2)CC1. The van der Waals surface area contributed by atoms with E-state index in [1.165, 1.54) is 0 Å². The van der Waals surface area contributed by atoms with Gasteiger partial charge >= 0.3 is 6.03 Å². The number of rotatable bonds is 3. The van der Waals surface area contributed by atoms with E-state index in [0.717, 1.165) is 5.56 Å². The number of amides is 3. The maximum Gasteiger partial charge on any atom is 0.319 e. The number of carbonyl (C=O) groups is 2. The van der Waals surface area contributed by atoms with Crippen molar-refractivity contribution < 1.29 is 9.59 Å².